The highest BCUT2D eigenvalue weighted by Gasteiger charge is 2.26. The van der Waals surface area contributed by atoms with Crippen LogP contribution in [-0.4, -0.2) is 28.5 Å². The number of nitrogens with zero attached hydrogens (tertiary/aromatic N) is 2. The van der Waals surface area contributed by atoms with Crippen LogP contribution in [-0.2, 0) is 0 Å². The van der Waals surface area contributed by atoms with E-state index in [1.54, 1.807) is 18.6 Å². The summed E-state index contributed by atoms with van der Waals surface area (Å²) in [5.41, 5.74) is 6.80. The number of thiazole rings is 1. The first-order valence-corrected chi connectivity index (χ1v) is 8.46. The van der Waals surface area contributed by atoms with Gasteiger partial charge in [-0.1, -0.05) is 12.8 Å². The quantitative estimate of drug-likeness (QED) is 0.908. The summed E-state index contributed by atoms with van der Waals surface area (Å²) in [7, 11) is 0. The maximum absolute atomic E-state index is 12.4. The van der Waals surface area contributed by atoms with Gasteiger partial charge in [0.25, 0.3) is 5.91 Å². The third-order valence-electron chi connectivity index (χ3n) is 4.19. The largest absolute Gasteiger partial charge is 0.348 e. The molecule has 1 amide bonds. The third kappa shape index (κ3) is 3.34. The number of amides is 1. The second kappa shape index (κ2) is 6.98. The van der Waals surface area contributed by atoms with E-state index >= 15 is 0 Å². The Kier molecular flexibility index (Phi) is 4.80. The first kappa shape index (κ1) is 15.1. The first-order valence-electron chi connectivity index (χ1n) is 7.65. The monoisotopic (exact) mass is 316 g/mol. The van der Waals surface area contributed by atoms with Gasteiger partial charge in [-0.05, 0) is 37.4 Å². The fourth-order valence-corrected chi connectivity index (χ4v) is 3.75. The minimum Gasteiger partial charge on any atom is -0.348 e. The van der Waals surface area contributed by atoms with Crippen LogP contribution in [0, 0.1) is 5.92 Å². The van der Waals surface area contributed by atoms with Gasteiger partial charge in [-0.25, -0.2) is 4.98 Å². The Labute approximate surface area is 134 Å². The lowest BCUT2D eigenvalue weighted by molar-refractivity contribution is 0.0912. The highest BCUT2D eigenvalue weighted by Crippen LogP contribution is 2.26. The van der Waals surface area contributed by atoms with Crippen molar-refractivity contribution < 1.29 is 4.79 Å². The Morgan fingerprint density at radius 2 is 2.09 bits per heavy atom. The van der Waals surface area contributed by atoms with Gasteiger partial charge in [0.1, 0.15) is 9.88 Å². The van der Waals surface area contributed by atoms with Gasteiger partial charge >= 0.3 is 0 Å². The normalized spacial score (nSPS) is 21.5. The minimum atomic E-state index is -0.0387. The van der Waals surface area contributed by atoms with Crippen molar-refractivity contribution in [1.29, 1.82) is 0 Å². The minimum absolute atomic E-state index is 0.0387. The van der Waals surface area contributed by atoms with Gasteiger partial charge in [0.05, 0.1) is 6.20 Å². The lowest BCUT2D eigenvalue weighted by Crippen LogP contribution is -2.44. The lowest BCUT2D eigenvalue weighted by atomic mass is 9.84. The van der Waals surface area contributed by atoms with Gasteiger partial charge in [-0.2, -0.15) is 0 Å². The predicted molar refractivity (Wildman–Crippen MR) is 87.6 cm³/mol. The van der Waals surface area contributed by atoms with Crippen molar-refractivity contribution in [2.24, 2.45) is 11.7 Å². The van der Waals surface area contributed by atoms with E-state index in [9.17, 15) is 4.79 Å². The van der Waals surface area contributed by atoms with E-state index in [0.29, 0.717) is 17.3 Å². The summed E-state index contributed by atoms with van der Waals surface area (Å²) in [5, 5.41) is 3.98. The van der Waals surface area contributed by atoms with Crippen LogP contribution >= 0.6 is 11.3 Å². The van der Waals surface area contributed by atoms with E-state index < -0.39 is 0 Å². The Bertz CT molecular complexity index is 628. The molecule has 2 aromatic heterocycles. The first-order chi connectivity index (χ1) is 10.8. The Balaban J connectivity index is 1.69. The standard InChI is InChI=1S/C16H20N4OS/c17-9-12-3-1-2-4-13(12)20-15(21)14-10-19-16(22-14)11-5-7-18-8-6-11/h5-8,10,12-13H,1-4,9,17H2,(H,20,21). The zero-order valence-electron chi connectivity index (χ0n) is 12.4. The smallest absolute Gasteiger partial charge is 0.263 e. The molecule has 2 aromatic rings. The molecule has 0 saturated heterocycles. The van der Waals surface area contributed by atoms with Crippen LogP contribution in [0.2, 0.25) is 0 Å². The summed E-state index contributed by atoms with van der Waals surface area (Å²) in [5.74, 6) is 0.355. The molecule has 22 heavy (non-hydrogen) atoms. The van der Waals surface area contributed by atoms with Gasteiger partial charge < -0.3 is 11.1 Å². The molecule has 5 nitrogen and oxygen atoms in total. The number of nitrogens with one attached hydrogen (secondary N) is 1. The SMILES string of the molecule is NCC1CCCCC1NC(=O)c1cnc(-c2ccncc2)s1. The van der Waals surface area contributed by atoms with Crippen molar-refractivity contribution in [1.82, 2.24) is 15.3 Å². The molecule has 6 heteroatoms. The fourth-order valence-electron chi connectivity index (χ4n) is 2.93. The number of hydrogen-bond acceptors (Lipinski definition) is 5. The van der Waals surface area contributed by atoms with Crippen LogP contribution in [0.5, 0.6) is 0 Å². The number of carbonyl (C=O) groups is 1. The number of rotatable bonds is 4. The molecule has 116 valence electrons. The molecule has 3 N–H and O–H groups in total. The van der Waals surface area contributed by atoms with Crippen molar-refractivity contribution in [2.75, 3.05) is 6.54 Å². The second-order valence-electron chi connectivity index (χ2n) is 5.63. The zero-order valence-corrected chi connectivity index (χ0v) is 13.2. The molecule has 1 saturated carbocycles. The average molecular weight is 316 g/mol. The summed E-state index contributed by atoms with van der Waals surface area (Å²) in [6, 6.07) is 3.98. The van der Waals surface area contributed by atoms with E-state index in [1.165, 1.54) is 17.8 Å². The Morgan fingerprint density at radius 3 is 2.86 bits per heavy atom. The second-order valence-corrected chi connectivity index (χ2v) is 6.66. The molecule has 0 spiro atoms. The Hall–Kier alpha value is -1.79. The molecule has 0 aliphatic heterocycles. The summed E-state index contributed by atoms with van der Waals surface area (Å²) >= 11 is 1.41. The van der Waals surface area contributed by atoms with Crippen LogP contribution in [0.15, 0.2) is 30.7 Å². The third-order valence-corrected chi connectivity index (χ3v) is 5.23. The van der Waals surface area contributed by atoms with Gasteiger partial charge in [0, 0.05) is 24.0 Å². The zero-order chi connectivity index (χ0) is 15.4. The number of hydrogen-bond donors (Lipinski definition) is 2. The van der Waals surface area contributed by atoms with Crippen molar-refractivity contribution >= 4 is 17.2 Å². The van der Waals surface area contributed by atoms with Crippen LogP contribution in [0.4, 0.5) is 0 Å². The van der Waals surface area contributed by atoms with E-state index in [4.69, 9.17) is 5.73 Å². The molecular weight excluding hydrogens is 296 g/mol. The van der Waals surface area contributed by atoms with Gasteiger partial charge in [-0.3, -0.25) is 9.78 Å². The molecule has 1 aliphatic carbocycles. The molecule has 2 atom stereocenters. The van der Waals surface area contributed by atoms with Gasteiger partial charge in [-0.15, -0.1) is 11.3 Å². The number of nitrogens with two attached hydrogens (primary N) is 1. The highest BCUT2D eigenvalue weighted by molar-refractivity contribution is 7.16. The average Bonchev–Trinajstić information content (AvgIpc) is 3.06. The lowest BCUT2D eigenvalue weighted by Gasteiger charge is -2.31. The van der Waals surface area contributed by atoms with E-state index in [-0.39, 0.29) is 11.9 Å². The van der Waals surface area contributed by atoms with Crippen LogP contribution in [0.1, 0.15) is 35.4 Å². The summed E-state index contributed by atoms with van der Waals surface area (Å²) in [4.78, 5) is 21.4. The van der Waals surface area contributed by atoms with Crippen molar-refractivity contribution in [3.8, 4) is 10.6 Å². The molecule has 2 unspecified atom stereocenters. The number of carbonyl (C=O) groups excluding carboxylic acids is 1. The van der Waals surface area contributed by atoms with Crippen LogP contribution in [0.25, 0.3) is 10.6 Å². The number of pyridine rings is 1. The molecular formula is C16H20N4OS. The number of aromatic nitrogens is 2. The van der Waals surface area contributed by atoms with Gasteiger partial charge in [0.15, 0.2) is 0 Å². The summed E-state index contributed by atoms with van der Waals surface area (Å²) in [6.45, 7) is 0.635. The topological polar surface area (TPSA) is 80.9 Å². The van der Waals surface area contributed by atoms with Crippen molar-refractivity contribution in [3.63, 3.8) is 0 Å². The fraction of sp³-hybridized carbons (Fsp3) is 0.438. The summed E-state index contributed by atoms with van der Waals surface area (Å²) < 4.78 is 0. The van der Waals surface area contributed by atoms with Gasteiger partial charge in [0.2, 0.25) is 0 Å². The Morgan fingerprint density at radius 1 is 1.32 bits per heavy atom. The maximum Gasteiger partial charge on any atom is 0.263 e. The molecule has 0 radical (unpaired) electrons. The van der Waals surface area contributed by atoms with Crippen LogP contribution < -0.4 is 11.1 Å². The molecule has 2 heterocycles. The van der Waals surface area contributed by atoms with Crippen molar-refractivity contribution in [3.05, 3.63) is 35.6 Å². The highest BCUT2D eigenvalue weighted by atomic mass is 32.1. The molecule has 1 aliphatic rings. The summed E-state index contributed by atoms with van der Waals surface area (Å²) in [6.07, 6.45) is 9.59. The predicted octanol–water partition coefficient (Wildman–Crippen LogP) is 2.45. The van der Waals surface area contributed by atoms with Crippen LogP contribution in [0.3, 0.4) is 0 Å². The molecule has 3 rings (SSSR count). The maximum atomic E-state index is 12.4. The molecule has 1 fully saturated rings. The van der Waals surface area contributed by atoms with E-state index in [0.717, 1.165) is 29.8 Å². The van der Waals surface area contributed by atoms with E-state index in [2.05, 4.69) is 15.3 Å². The van der Waals surface area contributed by atoms with E-state index in [1.807, 2.05) is 12.1 Å². The molecule has 0 aromatic carbocycles. The molecule has 0 bridgehead atoms. The van der Waals surface area contributed by atoms with Crippen molar-refractivity contribution in [2.45, 2.75) is 31.7 Å².